The normalized spacial score (nSPS) is 45.9. The summed E-state index contributed by atoms with van der Waals surface area (Å²) in [6.45, 7) is 4.52. The second kappa shape index (κ2) is 4.86. The molecule has 2 N–H and O–H groups in total. The molecule has 0 radical (unpaired) electrons. The molecule has 2 aliphatic rings. The largest absolute Gasteiger partial charge is 0.390 e. The lowest BCUT2D eigenvalue weighted by atomic mass is 9.79. The topological polar surface area (TPSA) is 66.4 Å². The van der Waals surface area contributed by atoms with Gasteiger partial charge in [-0.15, -0.1) is 0 Å². The lowest BCUT2D eigenvalue weighted by molar-refractivity contribution is 0.140. The van der Waals surface area contributed by atoms with Crippen molar-refractivity contribution in [3.8, 4) is 0 Å². The predicted octanol–water partition coefficient (Wildman–Crippen LogP) is 0.559. The van der Waals surface area contributed by atoms with Crippen LogP contribution in [0.5, 0.6) is 0 Å². The molecular weight excluding hydrogens is 238 g/mol. The van der Waals surface area contributed by atoms with Crippen molar-refractivity contribution in [1.82, 2.24) is 5.32 Å². The smallest absolute Gasteiger partial charge is 0.154 e. The maximum Gasteiger partial charge on any atom is 0.154 e. The Balaban J connectivity index is 1.90. The maximum atomic E-state index is 11.4. The van der Waals surface area contributed by atoms with Crippen LogP contribution in [0.25, 0.3) is 0 Å². The highest BCUT2D eigenvalue weighted by atomic mass is 32.2. The fraction of sp³-hybridized carbons (Fsp3) is 1.00. The Morgan fingerprint density at radius 1 is 1.12 bits per heavy atom. The van der Waals surface area contributed by atoms with E-state index in [-0.39, 0.29) is 17.5 Å². The van der Waals surface area contributed by atoms with E-state index in [1.165, 1.54) is 6.42 Å². The van der Waals surface area contributed by atoms with Gasteiger partial charge in [-0.1, -0.05) is 13.8 Å². The molecule has 0 amide bonds. The van der Waals surface area contributed by atoms with Crippen molar-refractivity contribution >= 4 is 9.84 Å². The third-order valence-corrected chi connectivity index (χ3v) is 6.09. The summed E-state index contributed by atoms with van der Waals surface area (Å²) in [5, 5.41) is 13.1. The van der Waals surface area contributed by atoms with E-state index in [4.69, 9.17) is 0 Å². The first-order valence-corrected chi connectivity index (χ1v) is 8.34. The molecule has 1 aliphatic carbocycles. The Morgan fingerprint density at radius 3 is 2.35 bits per heavy atom. The summed E-state index contributed by atoms with van der Waals surface area (Å²) in [4.78, 5) is 0. The van der Waals surface area contributed by atoms with Crippen molar-refractivity contribution in [3.05, 3.63) is 0 Å². The molecule has 2 rings (SSSR count). The van der Waals surface area contributed by atoms with E-state index in [1.54, 1.807) is 0 Å². The Hall–Kier alpha value is -0.130. The van der Waals surface area contributed by atoms with E-state index < -0.39 is 15.9 Å². The fourth-order valence-electron chi connectivity index (χ4n) is 2.99. The molecule has 0 bridgehead atoms. The van der Waals surface area contributed by atoms with Gasteiger partial charge < -0.3 is 10.4 Å². The van der Waals surface area contributed by atoms with Gasteiger partial charge in [-0.25, -0.2) is 8.42 Å². The number of hydrogen-bond donors (Lipinski definition) is 2. The monoisotopic (exact) mass is 261 g/mol. The zero-order valence-electron chi connectivity index (χ0n) is 10.6. The summed E-state index contributed by atoms with van der Waals surface area (Å²) >= 11 is 0. The van der Waals surface area contributed by atoms with Crippen LogP contribution in [0.2, 0.25) is 0 Å². The third kappa shape index (κ3) is 3.20. The molecule has 1 saturated heterocycles. The van der Waals surface area contributed by atoms with Crippen LogP contribution < -0.4 is 5.32 Å². The zero-order chi connectivity index (χ0) is 12.6. The number of aliphatic hydroxyl groups is 1. The SMILES string of the molecule is CC1CCC(NC2CS(=O)(=O)CC2O)CC1C. The van der Waals surface area contributed by atoms with E-state index in [0.717, 1.165) is 18.8 Å². The van der Waals surface area contributed by atoms with Crippen LogP contribution in [0.4, 0.5) is 0 Å². The first-order valence-electron chi connectivity index (χ1n) is 6.52. The fourth-order valence-corrected chi connectivity index (χ4v) is 4.74. The first kappa shape index (κ1) is 13.3. The van der Waals surface area contributed by atoms with Crippen LogP contribution in [-0.4, -0.2) is 43.2 Å². The van der Waals surface area contributed by atoms with Gasteiger partial charge in [0.25, 0.3) is 0 Å². The Bertz CT molecular complexity index is 368. The van der Waals surface area contributed by atoms with Gasteiger partial charge in [0, 0.05) is 12.1 Å². The van der Waals surface area contributed by atoms with Crippen LogP contribution in [-0.2, 0) is 9.84 Å². The van der Waals surface area contributed by atoms with Gasteiger partial charge in [0.05, 0.1) is 17.6 Å². The minimum Gasteiger partial charge on any atom is -0.390 e. The molecule has 2 fully saturated rings. The highest BCUT2D eigenvalue weighted by molar-refractivity contribution is 7.91. The standard InChI is InChI=1S/C12H23NO3S/c1-8-3-4-10(5-9(8)2)13-11-6-17(15,16)7-12(11)14/h8-14H,3-7H2,1-2H3. The molecule has 0 aromatic rings. The number of hydrogen-bond acceptors (Lipinski definition) is 4. The van der Waals surface area contributed by atoms with Crippen LogP contribution >= 0.6 is 0 Å². The quantitative estimate of drug-likeness (QED) is 0.762. The van der Waals surface area contributed by atoms with Crippen molar-refractivity contribution in [1.29, 1.82) is 0 Å². The average molecular weight is 261 g/mol. The molecule has 5 heteroatoms. The van der Waals surface area contributed by atoms with E-state index >= 15 is 0 Å². The lowest BCUT2D eigenvalue weighted by Gasteiger charge is -2.34. The third-order valence-electron chi connectivity index (χ3n) is 4.37. The first-order chi connectivity index (χ1) is 7.87. The van der Waals surface area contributed by atoms with Crippen molar-refractivity contribution in [3.63, 3.8) is 0 Å². The highest BCUT2D eigenvalue weighted by Crippen LogP contribution is 2.30. The number of aliphatic hydroxyl groups excluding tert-OH is 1. The summed E-state index contributed by atoms with van der Waals surface area (Å²) < 4.78 is 22.8. The number of rotatable bonds is 2. The predicted molar refractivity (Wildman–Crippen MR) is 67.6 cm³/mol. The van der Waals surface area contributed by atoms with Crippen molar-refractivity contribution in [2.24, 2.45) is 11.8 Å². The van der Waals surface area contributed by atoms with Gasteiger partial charge in [0.2, 0.25) is 0 Å². The van der Waals surface area contributed by atoms with Gasteiger partial charge in [-0.05, 0) is 31.1 Å². The van der Waals surface area contributed by atoms with E-state index in [0.29, 0.717) is 12.0 Å². The molecule has 1 saturated carbocycles. The Morgan fingerprint density at radius 2 is 1.82 bits per heavy atom. The van der Waals surface area contributed by atoms with Crippen molar-refractivity contribution in [2.75, 3.05) is 11.5 Å². The molecule has 4 nitrogen and oxygen atoms in total. The highest BCUT2D eigenvalue weighted by Gasteiger charge is 2.38. The molecule has 17 heavy (non-hydrogen) atoms. The van der Waals surface area contributed by atoms with Crippen LogP contribution in [0, 0.1) is 11.8 Å². The molecular formula is C12H23NO3S. The summed E-state index contributed by atoms with van der Waals surface area (Å²) in [5.74, 6) is 1.44. The molecule has 100 valence electrons. The van der Waals surface area contributed by atoms with Gasteiger partial charge in [-0.3, -0.25) is 0 Å². The second-order valence-corrected chi connectivity index (χ2v) is 8.04. The van der Waals surface area contributed by atoms with Gasteiger partial charge in [0.1, 0.15) is 0 Å². The molecule has 5 atom stereocenters. The van der Waals surface area contributed by atoms with E-state index in [1.807, 2.05) is 0 Å². The Labute approximate surface area is 104 Å². The summed E-state index contributed by atoms with van der Waals surface area (Å²) in [6.07, 6.45) is 2.64. The zero-order valence-corrected chi connectivity index (χ0v) is 11.4. The maximum absolute atomic E-state index is 11.4. The number of nitrogens with one attached hydrogen (secondary N) is 1. The molecule has 0 aromatic heterocycles. The molecule has 1 heterocycles. The summed E-state index contributed by atoms with van der Waals surface area (Å²) in [6, 6.07) is 0.111. The van der Waals surface area contributed by atoms with Gasteiger partial charge in [-0.2, -0.15) is 0 Å². The second-order valence-electron chi connectivity index (χ2n) is 5.88. The van der Waals surface area contributed by atoms with E-state index in [9.17, 15) is 13.5 Å². The number of sulfone groups is 1. The molecule has 0 aromatic carbocycles. The van der Waals surface area contributed by atoms with E-state index in [2.05, 4.69) is 19.2 Å². The average Bonchev–Trinajstić information content (AvgIpc) is 2.46. The molecule has 5 unspecified atom stereocenters. The molecule has 1 aliphatic heterocycles. The van der Waals surface area contributed by atoms with Crippen LogP contribution in [0.15, 0.2) is 0 Å². The summed E-state index contributed by atoms with van der Waals surface area (Å²) in [5.41, 5.74) is 0. The lowest BCUT2D eigenvalue weighted by Crippen LogP contribution is -2.47. The Kier molecular flexibility index (Phi) is 3.80. The molecule has 0 spiro atoms. The minimum absolute atomic E-state index is 0.0800. The summed E-state index contributed by atoms with van der Waals surface area (Å²) in [7, 11) is -3.03. The minimum atomic E-state index is -3.03. The van der Waals surface area contributed by atoms with Crippen LogP contribution in [0.1, 0.15) is 33.1 Å². The van der Waals surface area contributed by atoms with Crippen LogP contribution in [0.3, 0.4) is 0 Å². The van der Waals surface area contributed by atoms with Gasteiger partial charge in [0.15, 0.2) is 9.84 Å². The van der Waals surface area contributed by atoms with Crippen molar-refractivity contribution in [2.45, 2.75) is 51.3 Å². The van der Waals surface area contributed by atoms with Gasteiger partial charge >= 0.3 is 0 Å². The van der Waals surface area contributed by atoms with Crippen molar-refractivity contribution < 1.29 is 13.5 Å².